The molecule has 0 saturated carbocycles. The van der Waals surface area contributed by atoms with E-state index in [0.29, 0.717) is 5.92 Å². The third-order valence-corrected chi connectivity index (χ3v) is 3.91. The highest BCUT2D eigenvalue weighted by molar-refractivity contribution is 9.10. The van der Waals surface area contributed by atoms with Crippen molar-refractivity contribution in [3.63, 3.8) is 0 Å². The lowest BCUT2D eigenvalue weighted by molar-refractivity contribution is 0.138. The number of ether oxygens (including phenoxy) is 2. The average Bonchev–Trinajstić information content (AvgIpc) is 2.40. The van der Waals surface area contributed by atoms with Crippen LogP contribution in [0.25, 0.3) is 0 Å². The lowest BCUT2D eigenvalue weighted by Gasteiger charge is -2.12. The van der Waals surface area contributed by atoms with Gasteiger partial charge in [-0.1, -0.05) is 29.8 Å². The Bertz CT molecular complexity index is 408. The van der Waals surface area contributed by atoms with Crippen LogP contribution in [0.1, 0.15) is 25.0 Å². The van der Waals surface area contributed by atoms with Gasteiger partial charge in [-0.3, -0.25) is 0 Å². The standard InChI is InChI=1S/C16H26BrNO2/c1-12(2)11-18-6-8-20-7-5-14-10-15(17)13(3)9-16(14)19-4/h9-10,12,18H,5-8,11H2,1-4H3. The van der Waals surface area contributed by atoms with E-state index < -0.39 is 0 Å². The first-order valence-corrected chi connectivity index (χ1v) is 7.95. The van der Waals surface area contributed by atoms with Crippen molar-refractivity contribution >= 4 is 15.9 Å². The summed E-state index contributed by atoms with van der Waals surface area (Å²) in [4.78, 5) is 0. The topological polar surface area (TPSA) is 30.5 Å². The summed E-state index contributed by atoms with van der Waals surface area (Å²) in [5.41, 5.74) is 2.37. The van der Waals surface area contributed by atoms with Crippen molar-refractivity contribution in [2.75, 3.05) is 33.4 Å². The molecule has 0 fully saturated rings. The van der Waals surface area contributed by atoms with Gasteiger partial charge < -0.3 is 14.8 Å². The molecule has 0 spiro atoms. The molecule has 0 bridgehead atoms. The van der Waals surface area contributed by atoms with Crippen molar-refractivity contribution in [2.45, 2.75) is 27.2 Å². The first-order chi connectivity index (χ1) is 9.54. The number of hydrogen-bond donors (Lipinski definition) is 1. The van der Waals surface area contributed by atoms with Crippen molar-refractivity contribution < 1.29 is 9.47 Å². The Morgan fingerprint density at radius 1 is 1.25 bits per heavy atom. The van der Waals surface area contributed by atoms with Crippen LogP contribution in [0.15, 0.2) is 16.6 Å². The van der Waals surface area contributed by atoms with Gasteiger partial charge in [-0.15, -0.1) is 0 Å². The first kappa shape index (κ1) is 17.5. The SMILES string of the molecule is COc1cc(C)c(Br)cc1CCOCCNCC(C)C. The van der Waals surface area contributed by atoms with Gasteiger partial charge in [0.25, 0.3) is 0 Å². The number of rotatable bonds is 9. The molecule has 3 nitrogen and oxygen atoms in total. The Morgan fingerprint density at radius 2 is 2.00 bits per heavy atom. The quantitative estimate of drug-likeness (QED) is 0.695. The highest BCUT2D eigenvalue weighted by Gasteiger charge is 2.06. The minimum absolute atomic E-state index is 0.684. The van der Waals surface area contributed by atoms with Crippen LogP contribution in [-0.4, -0.2) is 33.4 Å². The summed E-state index contributed by atoms with van der Waals surface area (Å²) in [6, 6.07) is 4.18. The van der Waals surface area contributed by atoms with Crippen LogP contribution in [0.2, 0.25) is 0 Å². The van der Waals surface area contributed by atoms with Gasteiger partial charge in [-0.25, -0.2) is 0 Å². The number of nitrogens with one attached hydrogen (secondary N) is 1. The number of methoxy groups -OCH3 is 1. The van der Waals surface area contributed by atoms with E-state index in [1.54, 1.807) is 7.11 Å². The molecule has 0 atom stereocenters. The molecule has 0 unspecified atom stereocenters. The lowest BCUT2D eigenvalue weighted by Crippen LogP contribution is -2.24. The van der Waals surface area contributed by atoms with Crippen molar-refractivity contribution in [1.29, 1.82) is 0 Å². The van der Waals surface area contributed by atoms with Gasteiger partial charge in [0.15, 0.2) is 0 Å². The molecule has 4 heteroatoms. The molecule has 1 rings (SSSR count). The van der Waals surface area contributed by atoms with Crippen molar-refractivity contribution in [1.82, 2.24) is 5.32 Å². The number of halogens is 1. The van der Waals surface area contributed by atoms with E-state index in [1.165, 1.54) is 11.1 Å². The molecule has 0 aromatic heterocycles. The molecule has 0 heterocycles. The van der Waals surface area contributed by atoms with Crippen LogP contribution < -0.4 is 10.1 Å². The summed E-state index contributed by atoms with van der Waals surface area (Å²) in [6.45, 7) is 9.89. The normalized spacial score (nSPS) is 11.1. The Kier molecular flexibility index (Phi) is 8.19. The predicted molar refractivity (Wildman–Crippen MR) is 87.7 cm³/mol. The monoisotopic (exact) mass is 343 g/mol. The maximum absolute atomic E-state index is 5.66. The minimum Gasteiger partial charge on any atom is -0.496 e. The number of aryl methyl sites for hydroxylation is 1. The Hall–Kier alpha value is -0.580. The predicted octanol–water partition coefficient (Wildman–Crippen LogP) is 3.57. The highest BCUT2D eigenvalue weighted by atomic mass is 79.9. The van der Waals surface area contributed by atoms with E-state index in [0.717, 1.165) is 42.9 Å². The maximum atomic E-state index is 5.66. The summed E-state index contributed by atoms with van der Waals surface area (Å²) in [6.07, 6.45) is 0.867. The number of benzene rings is 1. The first-order valence-electron chi connectivity index (χ1n) is 7.16. The van der Waals surface area contributed by atoms with Crippen molar-refractivity contribution in [3.8, 4) is 5.75 Å². The smallest absolute Gasteiger partial charge is 0.122 e. The zero-order chi connectivity index (χ0) is 15.0. The molecule has 20 heavy (non-hydrogen) atoms. The summed E-state index contributed by atoms with van der Waals surface area (Å²) in [5, 5.41) is 3.37. The fourth-order valence-electron chi connectivity index (χ4n) is 1.90. The maximum Gasteiger partial charge on any atom is 0.122 e. The van der Waals surface area contributed by atoms with Crippen molar-refractivity contribution in [3.05, 3.63) is 27.7 Å². The van der Waals surface area contributed by atoms with Gasteiger partial charge >= 0.3 is 0 Å². The molecule has 1 aromatic carbocycles. The molecule has 0 saturated heterocycles. The zero-order valence-corrected chi connectivity index (χ0v) is 14.5. The van der Waals surface area contributed by atoms with Crippen molar-refractivity contribution in [2.24, 2.45) is 5.92 Å². The van der Waals surface area contributed by atoms with E-state index in [-0.39, 0.29) is 0 Å². The largest absolute Gasteiger partial charge is 0.496 e. The number of hydrogen-bond acceptors (Lipinski definition) is 3. The van der Waals surface area contributed by atoms with Gasteiger partial charge in [-0.2, -0.15) is 0 Å². The second-order valence-corrected chi connectivity index (χ2v) is 6.23. The molecule has 0 aliphatic rings. The molecule has 0 amide bonds. The molecule has 0 radical (unpaired) electrons. The molecular weight excluding hydrogens is 318 g/mol. The summed E-state index contributed by atoms with van der Waals surface area (Å²) in [5.74, 6) is 1.62. The molecule has 1 N–H and O–H groups in total. The fourth-order valence-corrected chi connectivity index (χ4v) is 2.29. The van der Waals surface area contributed by atoms with E-state index >= 15 is 0 Å². The Morgan fingerprint density at radius 3 is 2.65 bits per heavy atom. The van der Waals surface area contributed by atoms with Gasteiger partial charge in [0, 0.05) is 11.0 Å². The minimum atomic E-state index is 0.684. The molecule has 0 aliphatic heterocycles. The molecule has 114 valence electrons. The van der Waals surface area contributed by atoms with Crippen LogP contribution >= 0.6 is 15.9 Å². The van der Waals surface area contributed by atoms with E-state index in [4.69, 9.17) is 9.47 Å². The van der Waals surface area contributed by atoms with Gasteiger partial charge in [0.2, 0.25) is 0 Å². The molecular formula is C16H26BrNO2. The Balaban J connectivity index is 2.30. The lowest BCUT2D eigenvalue weighted by atomic mass is 10.1. The van der Waals surface area contributed by atoms with Gasteiger partial charge in [-0.05, 0) is 49.1 Å². The van der Waals surface area contributed by atoms with Crippen LogP contribution in [0.5, 0.6) is 5.75 Å². The van der Waals surface area contributed by atoms with E-state index in [2.05, 4.69) is 54.2 Å². The zero-order valence-electron chi connectivity index (χ0n) is 13.0. The summed E-state index contributed by atoms with van der Waals surface area (Å²) >= 11 is 3.56. The summed E-state index contributed by atoms with van der Waals surface area (Å²) < 4.78 is 12.2. The third kappa shape index (κ3) is 6.25. The molecule has 1 aromatic rings. The van der Waals surface area contributed by atoms with Gasteiger partial charge in [0.1, 0.15) is 5.75 Å². The van der Waals surface area contributed by atoms with Gasteiger partial charge in [0.05, 0.1) is 20.3 Å². The van der Waals surface area contributed by atoms with Crippen LogP contribution in [-0.2, 0) is 11.2 Å². The third-order valence-electron chi connectivity index (χ3n) is 3.05. The van der Waals surface area contributed by atoms with E-state index in [9.17, 15) is 0 Å². The Labute approximate surface area is 131 Å². The average molecular weight is 344 g/mol. The fraction of sp³-hybridized carbons (Fsp3) is 0.625. The van der Waals surface area contributed by atoms with Crippen LogP contribution in [0, 0.1) is 12.8 Å². The highest BCUT2D eigenvalue weighted by Crippen LogP contribution is 2.27. The molecule has 0 aliphatic carbocycles. The summed E-state index contributed by atoms with van der Waals surface area (Å²) in [7, 11) is 1.71. The van der Waals surface area contributed by atoms with Crippen LogP contribution in [0.3, 0.4) is 0 Å². The second kappa shape index (κ2) is 9.37. The second-order valence-electron chi connectivity index (χ2n) is 5.37. The van der Waals surface area contributed by atoms with Crippen LogP contribution in [0.4, 0.5) is 0 Å². The van der Waals surface area contributed by atoms with E-state index in [1.807, 2.05) is 0 Å².